The van der Waals surface area contributed by atoms with Crippen LogP contribution in [0.25, 0.3) is 5.95 Å². The number of halogens is 1. The third-order valence-electron chi connectivity index (χ3n) is 6.27. The molecule has 0 radical (unpaired) electrons. The molecule has 1 aromatic carbocycles. The van der Waals surface area contributed by atoms with Crippen molar-refractivity contribution in [1.29, 1.82) is 0 Å². The summed E-state index contributed by atoms with van der Waals surface area (Å²) < 4.78 is 35.5. The fraction of sp³-hybridized carbons (Fsp3) is 0.417. The van der Waals surface area contributed by atoms with Gasteiger partial charge in [-0.3, -0.25) is 9.36 Å². The first-order chi connectivity index (χ1) is 18.2. The fourth-order valence-corrected chi connectivity index (χ4v) is 5.74. The fourth-order valence-electron chi connectivity index (χ4n) is 4.22. The van der Waals surface area contributed by atoms with Gasteiger partial charge in [0.15, 0.2) is 0 Å². The molecule has 1 atom stereocenters. The Labute approximate surface area is 227 Å². The second kappa shape index (κ2) is 12.1. The van der Waals surface area contributed by atoms with Crippen molar-refractivity contribution in [2.45, 2.75) is 18.9 Å². The standard InChI is InChI=1S/C24H31ClN8O4S/c1-30(2)38(35,36)33-13-12-31(22-7-9-28-24(29-22)32-11-10-26-17-32)16-19(33)14-23(34)27-8-6-18-4-5-20(37-3)15-21(18)25/h4-5,7,9-11,15,17,19H,6,8,12-14,16H2,1-3H3,(H,27,34). The summed E-state index contributed by atoms with van der Waals surface area (Å²) in [6, 6.07) is 6.58. The molecule has 38 heavy (non-hydrogen) atoms. The molecule has 204 valence electrons. The minimum absolute atomic E-state index is 0.000619. The van der Waals surface area contributed by atoms with Crippen molar-refractivity contribution in [3.05, 3.63) is 59.8 Å². The van der Waals surface area contributed by atoms with Crippen molar-refractivity contribution in [1.82, 2.24) is 33.4 Å². The zero-order valence-corrected chi connectivity index (χ0v) is 23.1. The largest absolute Gasteiger partial charge is 0.497 e. The Morgan fingerprint density at radius 2 is 2.05 bits per heavy atom. The van der Waals surface area contributed by atoms with E-state index in [4.69, 9.17) is 16.3 Å². The highest BCUT2D eigenvalue weighted by molar-refractivity contribution is 7.86. The van der Waals surface area contributed by atoms with E-state index in [2.05, 4.69) is 20.3 Å². The van der Waals surface area contributed by atoms with E-state index in [0.717, 1.165) is 5.56 Å². The van der Waals surface area contributed by atoms with E-state index in [-0.39, 0.29) is 18.9 Å². The summed E-state index contributed by atoms with van der Waals surface area (Å²) in [5, 5.41) is 3.46. The maximum Gasteiger partial charge on any atom is 0.281 e. The van der Waals surface area contributed by atoms with E-state index in [9.17, 15) is 13.2 Å². The molecule has 1 unspecified atom stereocenters. The van der Waals surface area contributed by atoms with Crippen LogP contribution >= 0.6 is 11.6 Å². The normalized spacial score (nSPS) is 16.6. The lowest BCUT2D eigenvalue weighted by Gasteiger charge is -2.41. The van der Waals surface area contributed by atoms with Gasteiger partial charge in [0, 0.05) is 70.3 Å². The molecular formula is C24H31ClN8O4S. The van der Waals surface area contributed by atoms with E-state index < -0.39 is 16.3 Å². The molecule has 0 spiro atoms. The SMILES string of the molecule is COc1ccc(CCNC(=O)CC2CN(c3ccnc(-n4ccnc4)n3)CCN2S(=O)(=O)N(C)C)c(Cl)c1. The summed E-state index contributed by atoms with van der Waals surface area (Å²) in [6.07, 6.45) is 7.16. The number of aromatic nitrogens is 4. The zero-order valence-electron chi connectivity index (χ0n) is 21.5. The number of rotatable bonds is 10. The molecule has 4 rings (SSSR count). The van der Waals surface area contributed by atoms with Crippen LogP contribution in [0.5, 0.6) is 5.75 Å². The van der Waals surface area contributed by atoms with Crippen molar-refractivity contribution in [3.8, 4) is 11.7 Å². The summed E-state index contributed by atoms with van der Waals surface area (Å²) >= 11 is 6.30. The number of nitrogens with zero attached hydrogens (tertiary/aromatic N) is 7. The number of imidazole rings is 1. The predicted octanol–water partition coefficient (Wildman–Crippen LogP) is 1.37. The third kappa shape index (κ3) is 6.41. The monoisotopic (exact) mass is 562 g/mol. The van der Waals surface area contributed by atoms with Crippen molar-refractivity contribution >= 4 is 33.5 Å². The molecule has 1 aliphatic heterocycles. The lowest BCUT2D eigenvalue weighted by Crippen LogP contribution is -2.58. The first-order valence-electron chi connectivity index (χ1n) is 12.0. The van der Waals surface area contributed by atoms with E-state index >= 15 is 0 Å². The predicted molar refractivity (Wildman–Crippen MR) is 144 cm³/mol. The number of piperazine rings is 1. The number of hydrogen-bond acceptors (Lipinski definition) is 8. The second-order valence-electron chi connectivity index (χ2n) is 8.95. The van der Waals surface area contributed by atoms with Gasteiger partial charge in [0.25, 0.3) is 10.2 Å². The Bertz CT molecular complexity index is 1350. The molecule has 1 aliphatic rings. The summed E-state index contributed by atoms with van der Waals surface area (Å²) in [4.78, 5) is 27.8. The van der Waals surface area contributed by atoms with Crippen LogP contribution < -0.4 is 15.0 Å². The molecule has 3 aromatic rings. The van der Waals surface area contributed by atoms with Gasteiger partial charge in [-0.2, -0.15) is 22.0 Å². The molecule has 1 saturated heterocycles. The molecule has 3 heterocycles. The molecular weight excluding hydrogens is 532 g/mol. The van der Waals surface area contributed by atoms with Crippen LogP contribution in [-0.4, -0.2) is 95.9 Å². The van der Waals surface area contributed by atoms with Gasteiger partial charge in [0.05, 0.1) is 13.2 Å². The van der Waals surface area contributed by atoms with Gasteiger partial charge in [-0.15, -0.1) is 0 Å². The molecule has 12 nitrogen and oxygen atoms in total. The molecule has 14 heteroatoms. The average molecular weight is 563 g/mol. The maximum absolute atomic E-state index is 13.1. The number of benzene rings is 1. The lowest BCUT2D eigenvalue weighted by atomic mass is 10.1. The molecule has 2 aromatic heterocycles. The summed E-state index contributed by atoms with van der Waals surface area (Å²) in [5.41, 5.74) is 0.880. The molecule has 0 aliphatic carbocycles. The van der Waals surface area contributed by atoms with Crippen molar-refractivity contribution < 1.29 is 17.9 Å². The number of hydrogen-bond donors (Lipinski definition) is 1. The van der Waals surface area contributed by atoms with E-state index in [1.165, 1.54) is 22.7 Å². The van der Waals surface area contributed by atoms with Gasteiger partial charge >= 0.3 is 0 Å². The zero-order chi connectivity index (χ0) is 27.3. The van der Waals surface area contributed by atoms with Crippen LogP contribution in [0.15, 0.2) is 49.2 Å². The molecule has 1 fully saturated rings. The van der Waals surface area contributed by atoms with Crippen molar-refractivity contribution in [3.63, 3.8) is 0 Å². The van der Waals surface area contributed by atoms with Crippen LogP contribution in [0.4, 0.5) is 5.82 Å². The molecule has 0 bridgehead atoms. The topological polar surface area (TPSA) is 126 Å². The Morgan fingerprint density at radius 3 is 2.74 bits per heavy atom. The number of ether oxygens (including phenoxy) is 1. The first-order valence-corrected chi connectivity index (χ1v) is 13.8. The molecule has 0 saturated carbocycles. The van der Waals surface area contributed by atoms with Crippen LogP contribution in [0.3, 0.4) is 0 Å². The number of carbonyl (C=O) groups excluding carboxylic acids is 1. The minimum atomic E-state index is -3.73. The van der Waals surface area contributed by atoms with Gasteiger partial charge < -0.3 is 15.0 Å². The van der Waals surface area contributed by atoms with E-state index in [1.807, 2.05) is 17.0 Å². The Kier molecular flexibility index (Phi) is 8.82. The summed E-state index contributed by atoms with van der Waals surface area (Å²) in [6.45, 7) is 1.29. The Morgan fingerprint density at radius 1 is 1.24 bits per heavy atom. The van der Waals surface area contributed by atoms with Gasteiger partial charge in [-0.25, -0.2) is 9.97 Å². The first kappa shape index (κ1) is 27.8. The smallest absolute Gasteiger partial charge is 0.281 e. The average Bonchev–Trinajstić information content (AvgIpc) is 3.44. The molecule has 1 amide bonds. The van der Waals surface area contributed by atoms with Crippen molar-refractivity contribution in [2.75, 3.05) is 52.3 Å². The number of nitrogens with one attached hydrogen (secondary N) is 1. The lowest BCUT2D eigenvalue weighted by molar-refractivity contribution is -0.121. The minimum Gasteiger partial charge on any atom is -0.497 e. The Hall–Kier alpha value is -3.26. The van der Waals surface area contributed by atoms with Gasteiger partial charge in [0.2, 0.25) is 11.9 Å². The second-order valence-corrected chi connectivity index (χ2v) is 11.4. The highest BCUT2D eigenvalue weighted by Crippen LogP contribution is 2.24. The summed E-state index contributed by atoms with van der Waals surface area (Å²) in [7, 11) is 0.807. The third-order valence-corrected chi connectivity index (χ3v) is 8.62. The van der Waals surface area contributed by atoms with Gasteiger partial charge in [-0.1, -0.05) is 17.7 Å². The maximum atomic E-state index is 13.1. The van der Waals surface area contributed by atoms with Crippen LogP contribution in [0.1, 0.15) is 12.0 Å². The van der Waals surface area contributed by atoms with Crippen LogP contribution in [0, 0.1) is 0 Å². The van der Waals surface area contributed by atoms with Crippen LogP contribution in [0.2, 0.25) is 5.02 Å². The quantitative estimate of drug-likeness (QED) is 0.393. The highest BCUT2D eigenvalue weighted by Gasteiger charge is 2.38. The number of methoxy groups -OCH3 is 1. The van der Waals surface area contributed by atoms with Gasteiger partial charge in [0.1, 0.15) is 17.9 Å². The van der Waals surface area contributed by atoms with Crippen molar-refractivity contribution in [2.24, 2.45) is 0 Å². The Balaban J connectivity index is 1.45. The summed E-state index contributed by atoms with van der Waals surface area (Å²) in [5.74, 6) is 1.51. The van der Waals surface area contributed by atoms with E-state index in [0.29, 0.717) is 48.6 Å². The highest BCUT2D eigenvalue weighted by atomic mass is 35.5. The number of anilines is 1. The molecule has 1 N–H and O–H groups in total. The van der Waals surface area contributed by atoms with E-state index in [1.54, 1.807) is 48.7 Å². The number of amides is 1. The van der Waals surface area contributed by atoms with Gasteiger partial charge in [-0.05, 0) is 30.2 Å². The van der Waals surface area contributed by atoms with Crippen LogP contribution in [-0.2, 0) is 21.4 Å². The number of carbonyl (C=O) groups is 1.